The van der Waals surface area contributed by atoms with Gasteiger partial charge in [0.2, 0.25) is 0 Å². The number of anilines is 1. The van der Waals surface area contributed by atoms with Crippen LogP contribution in [0, 0.1) is 0 Å². The summed E-state index contributed by atoms with van der Waals surface area (Å²) in [5.41, 5.74) is 0.575. The van der Waals surface area contributed by atoms with Gasteiger partial charge in [-0.3, -0.25) is 4.90 Å². The molecule has 1 aromatic heterocycles. The molecule has 0 bridgehead atoms. The Labute approximate surface area is 127 Å². The maximum absolute atomic E-state index is 12.8. The highest BCUT2D eigenvalue weighted by molar-refractivity contribution is 7.89. The van der Waals surface area contributed by atoms with Gasteiger partial charge in [0.25, 0.3) is 10.0 Å². The van der Waals surface area contributed by atoms with Crippen molar-refractivity contribution in [2.24, 2.45) is 0 Å². The van der Waals surface area contributed by atoms with Crippen molar-refractivity contribution in [2.75, 3.05) is 38.0 Å². The third-order valence-electron chi connectivity index (χ3n) is 3.86. The lowest BCUT2D eigenvalue weighted by molar-refractivity contribution is 0.135. The van der Waals surface area contributed by atoms with E-state index in [1.807, 2.05) is 6.92 Å². The van der Waals surface area contributed by atoms with Gasteiger partial charge in [0.1, 0.15) is 0 Å². The molecule has 7 heteroatoms. The number of nitrogens with zero attached hydrogens (tertiary/aromatic N) is 3. The molecule has 1 aromatic rings. The third kappa shape index (κ3) is 3.36. The summed E-state index contributed by atoms with van der Waals surface area (Å²) in [7, 11) is -3.55. The molecular formula is C14H24N4O2S. The first kappa shape index (κ1) is 16.2. The fraction of sp³-hybridized carbons (Fsp3) is 0.643. The number of hydrogen-bond acceptors (Lipinski definition) is 5. The van der Waals surface area contributed by atoms with Crippen molar-refractivity contribution in [1.82, 2.24) is 14.2 Å². The van der Waals surface area contributed by atoms with Crippen LogP contribution >= 0.6 is 0 Å². The lowest BCUT2D eigenvalue weighted by atomic mass is 10.2. The molecule has 0 radical (unpaired) electrons. The van der Waals surface area contributed by atoms with Crippen LogP contribution in [-0.4, -0.2) is 61.4 Å². The molecule has 1 N–H and O–H groups in total. The van der Waals surface area contributed by atoms with Crippen LogP contribution in [0.1, 0.15) is 20.8 Å². The summed E-state index contributed by atoms with van der Waals surface area (Å²) in [6.07, 6.45) is 1.53. The number of aromatic nitrogens is 1. The first-order chi connectivity index (χ1) is 10.0. The van der Waals surface area contributed by atoms with E-state index in [2.05, 4.69) is 29.0 Å². The van der Waals surface area contributed by atoms with Crippen molar-refractivity contribution in [3.05, 3.63) is 18.3 Å². The van der Waals surface area contributed by atoms with Gasteiger partial charge in [-0.25, -0.2) is 13.4 Å². The zero-order valence-electron chi connectivity index (χ0n) is 12.9. The van der Waals surface area contributed by atoms with Crippen molar-refractivity contribution < 1.29 is 8.42 Å². The molecule has 1 aliphatic rings. The van der Waals surface area contributed by atoms with E-state index in [9.17, 15) is 8.42 Å². The van der Waals surface area contributed by atoms with Gasteiger partial charge in [0.15, 0.2) is 5.03 Å². The highest BCUT2D eigenvalue weighted by Crippen LogP contribution is 2.24. The normalized spacial score (nSPS) is 21.4. The van der Waals surface area contributed by atoms with E-state index in [1.165, 1.54) is 6.20 Å². The average molecular weight is 312 g/mol. The van der Waals surface area contributed by atoms with Gasteiger partial charge in [0, 0.05) is 38.4 Å². The van der Waals surface area contributed by atoms with E-state index in [4.69, 9.17) is 0 Å². The Morgan fingerprint density at radius 2 is 2.14 bits per heavy atom. The predicted octanol–water partition coefficient (Wildman–Crippen LogP) is 1.23. The van der Waals surface area contributed by atoms with Crippen molar-refractivity contribution in [3.8, 4) is 0 Å². The van der Waals surface area contributed by atoms with Crippen molar-refractivity contribution in [3.63, 3.8) is 0 Å². The maximum atomic E-state index is 12.8. The lowest BCUT2D eigenvalue weighted by Crippen LogP contribution is -2.53. The Morgan fingerprint density at radius 3 is 2.76 bits per heavy atom. The molecule has 21 heavy (non-hydrogen) atoms. The molecule has 0 saturated carbocycles. The zero-order chi connectivity index (χ0) is 15.5. The quantitative estimate of drug-likeness (QED) is 0.886. The van der Waals surface area contributed by atoms with E-state index >= 15 is 0 Å². The van der Waals surface area contributed by atoms with E-state index < -0.39 is 10.0 Å². The predicted molar refractivity (Wildman–Crippen MR) is 83.9 cm³/mol. The summed E-state index contributed by atoms with van der Waals surface area (Å²) < 4.78 is 27.2. The van der Waals surface area contributed by atoms with Crippen molar-refractivity contribution >= 4 is 15.7 Å². The van der Waals surface area contributed by atoms with Gasteiger partial charge in [-0.1, -0.05) is 6.92 Å². The minimum Gasteiger partial charge on any atom is -0.383 e. The Balaban J connectivity index is 2.27. The van der Waals surface area contributed by atoms with Crippen LogP contribution in [-0.2, 0) is 10.0 Å². The number of nitrogens with one attached hydrogen (secondary N) is 1. The highest BCUT2D eigenvalue weighted by Gasteiger charge is 2.33. The fourth-order valence-corrected chi connectivity index (χ4v) is 4.28. The second kappa shape index (κ2) is 6.72. The van der Waals surface area contributed by atoms with E-state index in [0.29, 0.717) is 25.3 Å². The first-order valence-corrected chi connectivity index (χ1v) is 8.87. The van der Waals surface area contributed by atoms with E-state index in [1.54, 1.807) is 16.4 Å². The van der Waals surface area contributed by atoms with Crippen LogP contribution in [0.2, 0.25) is 0 Å². The third-order valence-corrected chi connectivity index (χ3v) is 5.68. The topological polar surface area (TPSA) is 65.5 Å². The largest absolute Gasteiger partial charge is 0.383 e. The summed E-state index contributed by atoms with van der Waals surface area (Å²) in [5.74, 6) is 0. The Hall–Kier alpha value is -1.18. The van der Waals surface area contributed by atoms with Crippen molar-refractivity contribution in [1.29, 1.82) is 0 Å². The molecule has 1 fully saturated rings. The molecule has 118 valence electrons. The number of rotatable bonds is 5. The van der Waals surface area contributed by atoms with Gasteiger partial charge in [0.05, 0.1) is 5.69 Å². The minimum absolute atomic E-state index is 0.129. The molecule has 0 spiro atoms. The number of likely N-dealkylation sites (N-methyl/N-ethyl adjacent to an activating group) is 1. The summed E-state index contributed by atoms with van der Waals surface area (Å²) >= 11 is 0. The molecule has 0 aromatic carbocycles. The first-order valence-electron chi connectivity index (χ1n) is 7.43. The second-order valence-corrected chi connectivity index (χ2v) is 7.08. The molecule has 2 rings (SSSR count). The molecule has 1 saturated heterocycles. The van der Waals surface area contributed by atoms with Gasteiger partial charge in [-0.15, -0.1) is 0 Å². The number of sulfonamides is 1. The molecule has 0 amide bonds. The molecule has 2 heterocycles. The van der Waals surface area contributed by atoms with Crippen molar-refractivity contribution in [2.45, 2.75) is 31.8 Å². The van der Waals surface area contributed by atoms with Gasteiger partial charge >= 0.3 is 0 Å². The monoisotopic (exact) mass is 312 g/mol. The van der Waals surface area contributed by atoms with E-state index in [0.717, 1.165) is 13.1 Å². The summed E-state index contributed by atoms with van der Waals surface area (Å²) in [6, 6.07) is 3.73. The highest BCUT2D eigenvalue weighted by atomic mass is 32.2. The molecule has 0 aliphatic carbocycles. The molecule has 1 unspecified atom stereocenters. The Morgan fingerprint density at radius 1 is 1.38 bits per heavy atom. The molecule has 1 aliphatic heterocycles. The Kier molecular flexibility index (Phi) is 5.18. The van der Waals surface area contributed by atoms with Gasteiger partial charge in [-0.05, 0) is 32.5 Å². The van der Waals surface area contributed by atoms with Gasteiger partial charge < -0.3 is 5.32 Å². The summed E-state index contributed by atoms with van der Waals surface area (Å²) in [5, 5.41) is 3.20. The lowest BCUT2D eigenvalue weighted by Gasteiger charge is -2.38. The molecular weight excluding hydrogens is 288 g/mol. The molecule has 6 nitrogen and oxygen atoms in total. The van der Waals surface area contributed by atoms with E-state index in [-0.39, 0.29) is 11.1 Å². The van der Waals surface area contributed by atoms with Crippen LogP contribution < -0.4 is 5.32 Å². The standard InChI is InChI=1S/C14H24N4O2S/c1-4-15-13-7-6-8-16-14(13)21(19,20)18-10-9-17(5-2)12(3)11-18/h6-8,12,15H,4-5,9-11H2,1-3H3. The average Bonchev–Trinajstić information content (AvgIpc) is 2.48. The fourth-order valence-electron chi connectivity index (χ4n) is 2.69. The summed E-state index contributed by atoms with van der Waals surface area (Å²) in [6.45, 7) is 9.50. The number of hydrogen-bond donors (Lipinski definition) is 1. The minimum atomic E-state index is -3.55. The zero-order valence-corrected chi connectivity index (χ0v) is 13.7. The van der Waals surface area contributed by atoms with Crippen LogP contribution in [0.25, 0.3) is 0 Å². The van der Waals surface area contributed by atoms with Crippen LogP contribution in [0.3, 0.4) is 0 Å². The summed E-state index contributed by atoms with van der Waals surface area (Å²) in [4.78, 5) is 6.39. The second-order valence-electron chi connectivity index (χ2n) is 5.23. The molecule has 1 atom stereocenters. The number of pyridine rings is 1. The smallest absolute Gasteiger partial charge is 0.262 e. The number of piperazine rings is 1. The van der Waals surface area contributed by atoms with Crippen LogP contribution in [0.4, 0.5) is 5.69 Å². The maximum Gasteiger partial charge on any atom is 0.262 e. The van der Waals surface area contributed by atoms with Gasteiger partial charge in [-0.2, -0.15) is 4.31 Å². The van der Waals surface area contributed by atoms with Crippen LogP contribution in [0.5, 0.6) is 0 Å². The SMILES string of the molecule is CCNc1cccnc1S(=O)(=O)N1CCN(CC)C(C)C1. The van der Waals surface area contributed by atoms with Crippen LogP contribution in [0.15, 0.2) is 23.4 Å². The Bertz CT molecular complexity index is 576.